The van der Waals surface area contributed by atoms with E-state index >= 15 is 0 Å². The molecule has 2 aromatic rings. The average molecular weight is 527 g/mol. The van der Waals surface area contributed by atoms with Crippen LogP contribution in [0.3, 0.4) is 0 Å². The number of aliphatic hydroxyl groups excluding tert-OH is 1. The summed E-state index contributed by atoms with van der Waals surface area (Å²) in [5.41, 5.74) is 2.27. The highest BCUT2D eigenvalue weighted by molar-refractivity contribution is 5.88. The predicted molar refractivity (Wildman–Crippen MR) is 161 cm³/mol. The molecule has 0 bridgehead atoms. The van der Waals surface area contributed by atoms with Gasteiger partial charge in [-0.05, 0) is 65.0 Å². The second-order valence-corrected chi connectivity index (χ2v) is 10.9. The van der Waals surface area contributed by atoms with Crippen LogP contribution in [-0.4, -0.2) is 34.5 Å². The molecule has 0 heterocycles. The first-order chi connectivity index (χ1) is 17.5. The van der Waals surface area contributed by atoms with Gasteiger partial charge in [-0.25, -0.2) is 0 Å². The first-order valence-electron chi connectivity index (χ1n) is 12.5. The number of carbonyl (C=O) groups is 1. The van der Waals surface area contributed by atoms with Crippen LogP contribution in [0.1, 0.15) is 81.8 Å². The van der Waals surface area contributed by atoms with Crippen LogP contribution >= 0.6 is 0 Å². The van der Waals surface area contributed by atoms with E-state index in [1.165, 1.54) is 0 Å². The molecule has 0 aromatic heterocycles. The van der Waals surface area contributed by atoms with Crippen LogP contribution in [0, 0.1) is 13.8 Å². The highest BCUT2D eigenvalue weighted by Gasteiger charge is 2.41. The molecule has 0 aliphatic heterocycles. The van der Waals surface area contributed by atoms with Gasteiger partial charge in [-0.15, -0.1) is 39.5 Å². The predicted octanol–water partition coefficient (Wildman–Crippen LogP) is 7.56. The van der Waals surface area contributed by atoms with E-state index in [0.29, 0.717) is 22.3 Å². The van der Waals surface area contributed by atoms with Crippen LogP contribution in [0.4, 0.5) is 0 Å². The largest absolute Gasteiger partial charge is 0.507 e. The molecule has 0 saturated carbocycles. The van der Waals surface area contributed by atoms with Gasteiger partial charge in [0.05, 0.1) is 6.61 Å². The number of esters is 1. The molecule has 5 nitrogen and oxygen atoms in total. The zero-order chi connectivity index (χ0) is 30.6. The van der Waals surface area contributed by atoms with Gasteiger partial charge in [0.2, 0.25) is 0 Å². The molecule has 5 heteroatoms. The Kier molecular flexibility index (Phi) is 14.7. The van der Waals surface area contributed by atoms with Crippen molar-refractivity contribution in [2.45, 2.75) is 78.6 Å². The molecule has 3 N–H and O–H groups in total. The van der Waals surface area contributed by atoms with Crippen molar-refractivity contribution in [3.8, 4) is 11.5 Å². The highest BCUT2D eigenvalue weighted by atomic mass is 16.5. The number of hydrogen-bond acceptors (Lipinski definition) is 5. The molecule has 0 radical (unpaired) electrons. The molecule has 2 rings (SSSR count). The summed E-state index contributed by atoms with van der Waals surface area (Å²) in [7, 11) is 0. The number of phenolic OH excluding ortho intramolecular Hbond substituents is 2. The molecule has 0 aliphatic rings. The molecule has 0 amide bonds. The van der Waals surface area contributed by atoms with Crippen LogP contribution in [0.25, 0.3) is 0 Å². The minimum Gasteiger partial charge on any atom is -0.507 e. The molecular formula is C33H50O5. The summed E-state index contributed by atoms with van der Waals surface area (Å²) in [5, 5.41) is 30.7. The number of hydrogen-bond donors (Lipinski definition) is 3. The molecule has 2 aromatic carbocycles. The SMILES string of the molecule is C=C.C=C.C=C.Cc1cc(C(C)(C(=O)OCCO)c2cc(C)c(O)c(C(C)(C)C)c2)cc(C(C)(C)C)c1O. The summed E-state index contributed by atoms with van der Waals surface area (Å²) in [4.78, 5) is 13.5. The van der Waals surface area contributed by atoms with Gasteiger partial charge in [-0.2, -0.15) is 0 Å². The second kappa shape index (κ2) is 15.2. The monoisotopic (exact) mass is 526 g/mol. The summed E-state index contributed by atoms with van der Waals surface area (Å²) in [6, 6.07) is 7.34. The fourth-order valence-electron chi connectivity index (χ4n) is 3.96. The Morgan fingerprint density at radius 2 is 1.03 bits per heavy atom. The Morgan fingerprint density at radius 3 is 1.29 bits per heavy atom. The third-order valence-corrected chi connectivity index (χ3v) is 6.10. The fourth-order valence-corrected chi connectivity index (χ4v) is 3.96. The van der Waals surface area contributed by atoms with Gasteiger partial charge in [0.25, 0.3) is 0 Å². The van der Waals surface area contributed by atoms with E-state index in [1.54, 1.807) is 6.92 Å². The zero-order valence-electron chi connectivity index (χ0n) is 25.1. The van der Waals surface area contributed by atoms with Gasteiger partial charge in [0.15, 0.2) is 0 Å². The standard InChI is InChI=1S/C27H38O5.3C2H4/c1-16-12-18(14-20(22(16)29)25(3,4)5)27(9,24(31)32-11-10-28)19-13-17(2)23(30)21(15-19)26(6,7)8;3*1-2/h12-15,28-30H,10-11H2,1-9H3;3*1-2H2. The van der Waals surface area contributed by atoms with Crippen molar-refractivity contribution in [2.75, 3.05) is 13.2 Å². The number of carbonyl (C=O) groups excluding carboxylic acids is 1. The van der Waals surface area contributed by atoms with Gasteiger partial charge in [-0.3, -0.25) is 4.79 Å². The normalized spacial score (nSPS) is 11.0. The number of rotatable bonds is 5. The van der Waals surface area contributed by atoms with E-state index in [-0.39, 0.29) is 35.5 Å². The summed E-state index contributed by atoms with van der Waals surface area (Å²) in [6.45, 7) is 35.1. The molecule has 0 unspecified atom stereocenters. The van der Waals surface area contributed by atoms with Gasteiger partial charge in [-0.1, -0.05) is 65.8 Å². The molecule has 0 spiro atoms. The van der Waals surface area contributed by atoms with E-state index in [4.69, 9.17) is 4.74 Å². The molecule has 0 atom stereocenters. The lowest BCUT2D eigenvalue weighted by molar-refractivity contribution is -0.149. The topological polar surface area (TPSA) is 87.0 Å². The van der Waals surface area contributed by atoms with Crippen molar-refractivity contribution < 1.29 is 24.9 Å². The van der Waals surface area contributed by atoms with Gasteiger partial charge >= 0.3 is 5.97 Å². The third kappa shape index (κ3) is 8.35. The number of benzene rings is 2. The van der Waals surface area contributed by atoms with Crippen LogP contribution in [0.5, 0.6) is 11.5 Å². The molecule has 0 saturated heterocycles. The van der Waals surface area contributed by atoms with Crippen LogP contribution in [-0.2, 0) is 25.8 Å². The third-order valence-electron chi connectivity index (χ3n) is 6.10. The lowest BCUT2D eigenvalue weighted by Crippen LogP contribution is -2.37. The van der Waals surface area contributed by atoms with Crippen molar-refractivity contribution in [2.24, 2.45) is 0 Å². The van der Waals surface area contributed by atoms with Crippen molar-refractivity contribution in [3.63, 3.8) is 0 Å². The zero-order valence-corrected chi connectivity index (χ0v) is 25.1. The molecule has 212 valence electrons. The van der Waals surface area contributed by atoms with Crippen molar-refractivity contribution in [1.82, 2.24) is 0 Å². The maximum atomic E-state index is 13.5. The number of phenols is 2. The van der Waals surface area contributed by atoms with E-state index < -0.39 is 11.4 Å². The van der Waals surface area contributed by atoms with E-state index in [9.17, 15) is 20.1 Å². The maximum Gasteiger partial charge on any atom is 0.320 e. The molecule has 0 fully saturated rings. The number of aryl methyl sites for hydroxylation is 2. The van der Waals surface area contributed by atoms with Crippen LogP contribution in [0.15, 0.2) is 63.7 Å². The van der Waals surface area contributed by atoms with E-state index in [1.807, 2.05) is 79.7 Å². The Labute approximate surface area is 231 Å². The second-order valence-electron chi connectivity index (χ2n) is 10.9. The lowest BCUT2D eigenvalue weighted by Gasteiger charge is -2.33. The van der Waals surface area contributed by atoms with Crippen molar-refractivity contribution >= 4 is 5.97 Å². The van der Waals surface area contributed by atoms with Gasteiger partial charge in [0.1, 0.15) is 23.5 Å². The molecule has 38 heavy (non-hydrogen) atoms. The van der Waals surface area contributed by atoms with Crippen LogP contribution in [0.2, 0.25) is 0 Å². The first-order valence-corrected chi connectivity index (χ1v) is 12.5. The summed E-state index contributed by atoms with van der Waals surface area (Å²) in [5.74, 6) is -0.0735. The highest BCUT2D eigenvalue weighted by Crippen LogP contribution is 2.43. The number of aliphatic hydroxyl groups is 1. The Balaban J connectivity index is 0. The quantitative estimate of drug-likeness (QED) is 0.276. The van der Waals surface area contributed by atoms with E-state index in [2.05, 4.69) is 39.5 Å². The number of ether oxygens (including phenoxy) is 1. The van der Waals surface area contributed by atoms with Crippen LogP contribution < -0.4 is 0 Å². The van der Waals surface area contributed by atoms with Crippen molar-refractivity contribution in [3.05, 3.63) is 97.1 Å². The molecule has 0 aliphatic carbocycles. The maximum absolute atomic E-state index is 13.5. The minimum atomic E-state index is -1.22. The van der Waals surface area contributed by atoms with Gasteiger partial charge in [0, 0.05) is 0 Å². The summed E-state index contributed by atoms with van der Waals surface area (Å²) >= 11 is 0. The molecular weight excluding hydrogens is 476 g/mol. The lowest BCUT2D eigenvalue weighted by atomic mass is 9.71. The Bertz CT molecular complexity index is 980. The van der Waals surface area contributed by atoms with Gasteiger partial charge < -0.3 is 20.1 Å². The van der Waals surface area contributed by atoms with Crippen molar-refractivity contribution in [1.29, 1.82) is 0 Å². The Hall–Kier alpha value is -3.31. The Morgan fingerprint density at radius 1 is 0.711 bits per heavy atom. The first kappa shape index (κ1) is 36.8. The average Bonchev–Trinajstić information content (AvgIpc) is 2.87. The summed E-state index contributed by atoms with van der Waals surface area (Å²) < 4.78 is 5.44. The fraction of sp³-hybridized carbons (Fsp3) is 0.424. The smallest absolute Gasteiger partial charge is 0.320 e. The summed E-state index contributed by atoms with van der Waals surface area (Å²) in [6.07, 6.45) is 0. The van der Waals surface area contributed by atoms with E-state index in [0.717, 1.165) is 11.1 Å². The number of aromatic hydroxyl groups is 2. The minimum absolute atomic E-state index is 0.110.